The molecule has 0 heterocycles. The molecule has 6 heteroatoms. The molecule has 19 heavy (non-hydrogen) atoms. The van der Waals surface area contributed by atoms with Gasteiger partial charge in [-0.25, -0.2) is 0 Å². The highest BCUT2D eigenvalue weighted by Crippen LogP contribution is 2.42. The van der Waals surface area contributed by atoms with Crippen molar-refractivity contribution in [3.63, 3.8) is 0 Å². The average molecular weight is 282 g/mol. The van der Waals surface area contributed by atoms with Crippen LogP contribution in [0.3, 0.4) is 0 Å². The number of alkyl halides is 3. The first-order valence-electron chi connectivity index (χ1n) is 6.91. The van der Waals surface area contributed by atoms with E-state index >= 15 is 0 Å². The molecule has 0 radical (unpaired) electrons. The molecule has 0 bridgehead atoms. The van der Waals surface area contributed by atoms with Gasteiger partial charge in [0.2, 0.25) is 0 Å². The van der Waals surface area contributed by atoms with Crippen molar-refractivity contribution in [1.29, 1.82) is 0 Å². The fraction of sp³-hybridized carbons (Fsp3) is 1.00. The molecule has 3 nitrogen and oxygen atoms in total. The Kier molecular flexibility index (Phi) is 6.08. The maximum Gasteiger partial charge on any atom is 0.391 e. The predicted molar refractivity (Wildman–Crippen MR) is 68.9 cm³/mol. The minimum absolute atomic E-state index is 0.180. The van der Waals surface area contributed by atoms with Crippen molar-refractivity contribution in [1.82, 2.24) is 4.90 Å². The molecule has 2 N–H and O–H groups in total. The Bertz CT molecular complexity index is 263. The van der Waals surface area contributed by atoms with Gasteiger partial charge in [0.1, 0.15) is 0 Å². The lowest BCUT2D eigenvalue weighted by molar-refractivity contribution is -0.188. The topological polar surface area (TPSA) is 38.5 Å². The van der Waals surface area contributed by atoms with Crippen molar-refractivity contribution in [2.45, 2.75) is 44.3 Å². The van der Waals surface area contributed by atoms with Gasteiger partial charge in [-0.05, 0) is 39.7 Å². The highest BCUT2D eigenvalue weighted by molar-refractivity contribution is 4.95. The van der Waals surface area contributed by atoms with E-state index in [0.717, 1.165) is 0 Å². The van der Waals surface area contributed by atoms with E-state index in [9.17, 15) is 13.2 Å². The summed E-state index contributed by atoms with van der Waals surface area (Å²) in [5.41, 5.74) is 5.54. The van der Waals surface area contributed by atoms with E-state index in [0.29, 0.717) is 39.1 Å². The smallest absolute Gasteiger partial charge is 0.380 e. The van der Waals surface area contributed by atoms with E-state index in [1.807, 2.05) is 14.0 Å². The number of nitrogens with two attached hydrogens (primary N) is 1. The van der Waals surface area contributed by atoms with E-state index in [1.54, 1.807) is 0 Å². The van der Waals surface area contributed by atoms with Crippen molar-refractivity contribution < 1.29 is 17.9 Å². The van der Waals surface area contributed by atoms with Crippen LogP contribution in [0.15, 0.2) is 0 Å². The third kappa shape index (κ3) is 4.33. The second-order valence-corrected chi connectivity index (χ2v) is 5.36. The van der Waals surface area contributed by atoms with Crippen LogP contribution in [-0.2, 0) is 4.74 Å². The van der Waals surface area contributed by atoms with Crippen molar-refractivity contribution in [3.05, 3.63) is 0 Å². The van der Waals surface area contributed by atoms with Crippen LogP contribution in [0.1, 0.15) is 32.6 Å². The summed E-state index contributed by atoms with van der Waals surface area (Å²) in [7, 11) is 1.93. The van der Waals surface area contributed by atoms with Crippen LogP contribution in [0, 0.1) is 5.92 Å². The van der Waals surface area contributed by atoms with Gasteiger partial charge in [0.25, 0.3) is 0 Å². The highest BCUT2D eigenvalue weighted by atomic mass is 19.4. The number of hydrogen-bond donors (Lipinski definition) is 1. The lowest BCUT2D eigenvalue weighted by Gasteiger charge is -2.46. The van der Waals surface area contributed by atoms with Crippen LogP contribution < -0.4 is 5.73 Å². The van der Waals surface area contributed by atoms with Crippen LogP contribution in [0.25, 0.3) is 0 Å². The summed E-state index contributed by atoms with van der Waals surface area (Å²) >= 11 is 0. The molecular formula is C13H25F3N2O. The quantitative estimate of drug-likeness (QED) is 0.760. The van der Waals surface area contributed by atoms with E-state index < -0.39 is 12.1 Å². The summed E-state index contributed by atoms with van der Waals surface area (Å²) in [4.78, 5) is 2.08. The molecule has 0 aromatic heterocycles. The molecule has 0 atom stereocenters. The van der Waals surface area contributed by atoms with E-state index in [4.69, 9.17) is 10.5 Å². The molecule has 0 aromatic rings. The van der Waals surface area contributed by atoms with Gasteiger partial charge in [-0.3, -0.25) is 4.90 Å². The molecule has 1 fully saturated rings. The Balaban J connectivity index is 2.54. The number of ether oxygens (including phenoxy) is 1. The molecule has 0 amide bonds. The fourth-order valence-corrected chi connectivity index (χ4v) is 2.81. The van der Waals surface area contributed by atoms with Gasteiger partial charge in [0, 0.05) is 25.2 Å². The number of halogens is 3. The lowest BCUT2D eigenvalue weighted by atomic mass is 9.75. The summed E-state index contributed by atoms with van der Waals surface area (Å²) in [5, 5.41) is 0. The number of nitrogens with zero attached hydrogens (tertiary/aromatic N) is 1. The van der Waals surface area contributed by atoms with Crippen LogP contribution in [0.2, 0.25) is 0 Å². The third-order valence-electron chi connectivity index (χ3n) is 4.34. The maximum absolute atomic E-state index is 12.7. The van der Waals surface area contributed by atoms with Gasteiger partial charge >= 0.3 is 6.18 Å². The monoisotopic (exact) mass is 282 g/mol. The summed E-state index contributed by atoms with van der Waals surface area (Å²) in [6.45, 7) is 4.28. The zero-order valence-corrected chi connectivity index (χ0v) is 11.8. The first-order chi connectivity index (χ1) is 8.85. The molecular weight excluding hydrogens is 257 g/mol. The molecule has 1 aliphatic rings. The summed E-state index contributed by atoms with van der Waals surface area (Å²) in [5.74, 6) is -1.16. The van der Waals surface area contributed by atoms with Crippen LogP contribution in [-0.4, -0.2) is 50.0 Å². The molecule has 0 aromatic carbocycles. The Morgan fingerprint density at radius 3 is 2.32 bits per heavy atom. The van der Waals surface area contributed by atoms with Gasteiger partial charge < -0.3 is 10.5 Å². The summed E-state index contributed by atoms with van der Waals surface area (Å²) in [6.07, 6.45) is -2.68. The van der Waals surface area contributed by atoms with Crippen LogP contribution in [0.4, 0.5) is 13.2 Å². The number of hydrogen-bond acceptors (Lipinski definition) is 3. The summed E-state index contributed by atoms with van der Waals surface area (Å²) in [6, 6.07) is 0. The highest BCUT2D eigenvalue weighted by Gasteiger charge is 2.46. The Morgan fingerprint density at radius 1 is 1.32 bits per heavy atom. The molecule has 114 valence electrons. The molecule has 0 unspecified atom stereocenters. The molecule has 1 rings (SSSR count). The first-order valence-corrected chi connectivity index (χ1v) is 6.91. The molecule has 1 aliphatic carbocycles. The maximum atomic E-state index is 12.7. The van der Waals surface area contributed by atoms with Gasteiger partial charge in [-0.15, -0.1) is 0 Å². The SMILES string of the molecule is CCOCCN(C)C1(CN)CCC(C(F)(F)F)CC1. The lowest BCUT2D eigenvalue weighted by Crippen LogP contribution is -2.55. The second-order valence-electron chi connectivity index (χ2n) is 5.36. The minimum Gasteiger partial charge on any atom is -0.380 e. The van der Waals surface area contributed by atoms with Crippen LogP contribution in [0.5, 0.6) is 0 Å². The van der Waals surface area contributed by atoms with E-state index in [1.165, 1.54) is 0 Å². The van der Waals surface area contributed by atoms with Crippen molar-refractivity contribution >= 4 is 0 Å². The standard InChI is InChI=1S/C13H25F3N2O/c1-3-19-9-8-18(2)12(10-17)6-4-11(5-7-12)13(14,15)16/h11H,3-10,17H2,1-2H3. The first kappa shape index (κ1) is 16.7. The van der Waals surface area contributed by atoms with Crippen molar-refractivity contribution in [2.24, 2.45) is 11.7 Å². The van der Waals surface area contributed by atoms with Gasteiger partial charge in [-0.1, -0.05) is 0 Å². The number of rotatable bonds is 6. The predicted octanol–water partition coefficient (Wildman–Crippen LogP) is 2.40. The second kappa shape index (κ2) is 6.90. The largest absolute Gasteiger partial charge is 0.391 e. The molecule has 1 saturated carbocycles. The number of likely N-dealkylation sites (N-methyl/N-ethyl adjacent to an activating group) is 1. The average Bonchev–Trinajstić information content (AvgIpc) is 2.38. The van der Waals surface area contributed by atoms with Crippen molar-refractivity contribution in [3.8, 4) is 0 Å². The van der Waals surface area contributed by atoms with Gasteiger partial charge in [0.15, 0.2) is 0 Å². The van der Waals surface area contributed by atoms with Crippen LogP contribution >= 0.6 is 0 Å². The van der Waals surface area contributed by atoms with Gasteiger partial charge in [0.05, 0.1) is 12.5 Å². The van der Waals surface area contributed by atoms with Gasteiger partial charge in [-0.2, -0.15) is 13.2 Å². The fourth-order valence-electron chi connectivity index (χ4n) is 2.81. The van der Waals surface area contributed by atoms with Crippen molar-refractivity contribution in [2.75, 3.05) is 33.4 Å². The molecule has 0 spiro atoms. The van der Waals surface area contributed by atoms with E-state index in [-0.39, 0.29) is 18.4 Å². The zero-order chi connectivity index (χ0) is 14.5. The summed E-state index contributed by atoms with van der Waals surface area (Å²) < 4.78 is 43.3. The van der Waals surface area contributed by atoms with E-state index in [2.05, 4.69) is 4.90 Å². The molecule has 0 saturated heterocycles. The normalized spacial score (nSPS) is 28.9. The minimum atomic E-state index is -4.06. The third-order valence-corrected chi connectivity index (χ3v) is 4.34. The zero-order valence-electron chi connectivity index (χ0n) is 11.8. The Hall–Kier alpha value is -0.330. The molecule has 0 aliphatic heterocycles. The Labute approximate surface area is 113 Å². The Morgan fingerprint density at radius 2 is 1.89 bits per heavy atom.